The van der Waals surface area contributed by atoms with Crippen molar-refractivity contribution in [2.24, 2.45) is 5.92 Å². The molecule has 0 aliphatic rings. The summed E-state index contributed by atoms with van der Waals surface area (Å²) in [4.78, 5) is 23.5. The summed E-state index contributed by atoms with van der Waals surface area (Å²) in [6.07, 6.45) is 2.01. The minimum absolute atomic E-state index is 0.156. The molecular formula is C17H21N3O4. The average Bonchev–Trinajstić information content (AvgIpc) is 3.04. The van der Waals surface area contributed by atoms with Gasteiger partial charge in [0.05, 0.1) is 12.8 Å². The van der Waals surface area contributed by atoms with Crippen LogP contribution in [-0.2, 0) is 4.79 Å². The van der Waals surface area contributed by atoms with Crippen LogP contribution < -0.4 is 10.1 Å². The number of rotatable bonds is 7. The molecule has 1 amide bonds. The molecule has 1 unspecified atom stereocenters. The van der Waals surface area contributed by atoms with Crippen LogP contribution in [0, 0.1) is 5.92 Å². The number of methoxy groups -OCH3 is 1. The van der Waals surface area contributed by atoms with Crippen molar-refractivity contribution in [3.63, 3.8) is 0 Å². The molecule has 0 aliphatic heterocycles. The lowest BCUT2D eigenvalue weighted by Gasteiger charge is -2.15. The summed E-state index contributed by atoms with van der Waals surface area (Å²) in [6.45, 7) is 3.81. The van der Waals surface area contributed by atoms with Gasteiger partial charge >= 0.3 is 5.97 Å². The van der Waals surface area contributed by atoms with Crippen molar-refractivity contribution in [1.29, 1.82) is 0 Å². The van der Waals surface area contributed by atoms with Crippen LogP contribution in [0.3, 0.4) is 0 Å². The van der Waals surface area contributed by atoms with E-state index in [1.807, 2.05) is 26.0 Å². The molecule has 0 bridgehead atoms. The fourth-order valence-corrected chi connectivity index (χ4v) is 2.25. The van der Waals surface area contributed by atoms with Crippen LogP contribution in [-0.4, -0.2) is 39.9 Å². The van der Waals surface area contributed by atoms with E-state index < -0.39 is 17.9 Å². The second-order valence-corrected chi connectivity index (χ2v) is 5.84. The lowest BCUT2D eigenvalue weighted by molar-refractivity contribution is -0.139. The topological polar surface area (TPSA) is 93.5 Å². The largest absolute Gasteiger partial charge is 0.497 e. The first-order valence-corrected chi connectivity index (χ1v) is 7.64. The number of carboxylic acid groups (broad SMARTS) is 1. The standard InChI is InChI=1S/C17H21N3O4/c1-11(2)10-15(17(22)23)18-16(21)14-8-9-20(19-14)12-4-6-13(24-3)7-5-12/h4-9,11,15H,10H2,1-3H3,(H,18,21)(H,22,23). The molecule has 24 heavy (non-hydrogen) atoms. The third kappa shape index (κ3) is 4.34. The molecule has 0 spiro atoms. The van der Waals surface area contributed by atoms with Gasteiger partial charge in [0.25, 0.3) is 5.91 Å². The van der Waals surface area contributed by atoms with Gasteiger partial charge in [-0.3, -0.25) is 4.79 Å². The molecule has 1 aromatic carbocycles. The molecule has 1 aromatic heterocycles. The highest BCUT2D eigenvalue weighted by molar-refractivity contribution is 5.94. The Hall–Kier alpha value is -2.83. The molecule has 2 rings (SSSR count). The summed E-state index contributed by atoms with van der Waals surface area (Å²) in [5.74, 6) is -0.674. The van der Waals surface area contributed by atoms with E-state index in [-0.39, 0.29) is 11.6 Å². The number of aromatic nitrogens is 2. The van der Waals surface area contributed by atoms with Crippen LogP contribution in [0.1, 0.15) is 30.8 Å². The van der Waals surface area contributed by atoms with Gasteiger partial charge in [0.15, 0.2) is 5.69 Å². The van der Waals surface area contributed by atoms with E-state index in [2.05, 4.69) is 10.4 Å². The Balaban J connectivity index is 2.10. The van der Waals surface area contributed by atoms with Crippen molar-refractivity contribution >= 4 is 11.9 Å². The van der Waals surface area contributed by atoms with Crippen LogP contribution >= 0.6 is 0 Å². The molecular weight excluding hydrogens is 310 g/mol. The molecule has 1 atom stereocenters. The highest BCUT2D eigenvalue weighted by atomic mass is 16.5. The second-order valence-electron chi connectivity index (χ2n) is 5.84. The lowest BCUT2D eigenvalue weighted by atomic mass is 10.0. The van der Waals surface area contributed by atoms with Gasteiger partial charge in [-0.25, -0.2) is 9.48 Å². The van der Waals surface area contributed by atoms with Crippen molar-refractivity contribution in [1.82, 2.24) is 15.1 Å². The summed E-state index contributed by atoms with van der Waals surface area (Å²) < 4.78 is 6.65. The minimum Gasteiger partial charge on any atom is -0.497 e. The number of carbonyl (C=O) groups is 2. The maximum atomic E-state index is 12.2. The maximum absolute atomic E-state index is 12.2. The highest BCUT2D eigenvalue weighted by Gasteiger charge is 2.22. The van der Waals surface area contributed by atoms with Crippen LogP contribution in [0.5, 0.6) is 5.75 Å². The van der Waals surface area contributed by atoms with Crippen molar-refractivity contribution in [2.75, 3.05) is 7.11 Å². The molecule has 2 aromatic rings. The Morgan fingerprint density at radius 2 is 1.92 bits per heavy atom. The molecule has 128 valence electrons. The number of amides is 1. The molecule has 0 saturated heterocycles. The summed E-state index contributed by atoms with van der Waals surface area (Å²) >= 11 is 0. The number of ether oxygens (including phenoxy) is 1. The van der Waals surface area contributed by atoms with E-state index >= 15 is 0 Å². The lowest BCUT2D eigenvalue weighted by Crippen LogP contribution is -2.41. The van der Waals surface area contributed by atoms with Crippen LogP contribution in [0.25, 0.3) is 5.69 Å². The predicted molar refractivity (Wildman–Crippen MR) is 88.5 cm³/mol. The summed E-state index contributed by atoms with van der Waals surface area (Å²) in [7, 11) is 1.58. The normalized spacial score (nSPS) is 12.0. The number of aliphatic carboxylic acids is 1. The molecule has 0 saturated carbocycles. The van der Waals surface area contributed by atoms with Gasteiger partial charge in [0, 0.05) is 6.20 Å². The Kier molecular flexibility index (Phi) is 5.57. The molecule has 2 N–H and O–H groups in total. The zero-order valence-corrected chi connectivity index (χ0v) is 13.9. The van der Waals surface area contributed by atoms with Crippen LogP contribution in [0.15, 0.2) is 36.5 Å². The van der Waals surface area contributed by atoms with Gasteiger partial charge in [0.1, 0.15) is 11.8 Å². The van der Waals surface area contributed by atoms with Crippen molar-refractivity contribution in [3.05, 3.63) is 42.2 Å². The Labute approximate surface area is 140 Å². The van der Waals surface area contributed by atoms with Crippen LogP contribution in [0.2, 0.25) is 0 Å². The van der Waals surface area contributed by atoms with Gasteiger partial charge in [-0.1, -0.05) is 13.8 Å². The van der Waals surface area contributed by atoms with E-state index in [1.54, 1.807) is 36.2 Å². The molecule has 0 aliphatic carbocycles. The van der Waals surface area contributed by atoms with Crippen molar-refractivity contribution in [2.45, 2.75) is 26.3 Å². The van der Waals surface area contributed by atoms with Gasteiger partial charge in [-0.15, -0.1) is 0 Å². The number of benzene rings is 1. The first-order chi connectivity index (χ1) is 11.4. The first kappa shape index (κ1) is 17.5. The summed E-state index contributed by atoms with van der Waals surface area (Å²) in [5, 5.41) is 15.9. The van der Waals surface area contributed by atoms with E-state index in [1.165, 1.54) is 0 Å². The summed E-state index contributed by atoms with van der Waals surface area (Å²) in [5.41, 5.74) is 0.938. The fraction of sp³-hybridized carbons (Fsp3) is 0.353. The van der Waals surface area contributed by atoms with Gasteiger partial charge in [0.2, 0.25) is 0 Å². The van der Waals surface area contributed by atoms with Gasteiger partial charge in [-0.05, 0) is 42.7 Å². The number of carbonyl (C=O) groups excluding carboxylic acids is 1. The van der Waals surface area contributed by atoms with Crippen molar-refractivity contribution in [3.8, 4) is 11.4 Å². The number of nitrogens with one attached hydrogen (secondary N) is 1. The quantitative estimate of drug-likeness (QED) is 0.810. The van der Waals surface area contributed by atoms with E-state index in [0.717, 1.165) is 11.4 Å². The van der Waals surface area contributed by atoms with Crippen molar-refractivity contribution < 1.29 is 19.4 Å². The fourth-order valence-electron chi connectivity index (χ4n) is 2.25. The van der Waals surface area contributed by atoms with E-state index in [4.69, 9.17) is 4.74 Å². The highest BCUT2D eigenvalue weighted by Crippen LogP contribution is 2.14. The number of hydrogen-bond acceptors (Lipinski definition) is 4. The summed E-state index contributed by atoms with van der Waals surface area (Å²) in [6, 6.07) is 7.83. The molecule has 1 heterocycles. The molecule has 7 nitrogen and oxygen atoms in total. The zero-order chi connectivity index (χ0) is 17.7. The molecule has 7 heteroatoms. The average molecular weight is 331 g/mol. The SMILES string of the molecule is COc1ccc(-n2ccc(C(=O)NC(CC(C)C)C(=O)O)n2)cc1. The van der Waals surface area contributed by atoms with E-state index in [0.29, 0.717) is 6.42 Å². The number of carboxylic acids is 1. The Bertz CT molecular complexity index is 707. The van der Waals surface area contributed by atoms with E-state index in [9.17, 15) is 14.7 Å². The number of nitrogens with zero attached hydrogens (tertiary/aromatic N) is 2. The first-order valence-electron chi connectivity index (χ1n) is 7.64. The maximum Gasteiger partial charge on any atom is 0.326 e. The second kappa shape index (κ2) is 7.63. The predicted octanol–water partition coefficient (Wildman–Crippen LogP) is 2.11. The van der Waals surface area contributed by atoms with Crippen LogP contribution in [0.4, 0.5) is 0 Å². The monoisotopic (exact) mass is 331 g/mol. The third-order valence-electron chi connectivity index (χ3n) is 3.47. The zero-order valence-electron chi connectivity index (χ0n) is 13.9. The smallest absolute Gasteiger partial charge is 0.326 e. The Morgan fingerprint density at radius 3 is 2.46 bits per heavy atom. The van der Waals surface area contributed by atoms with Gasteiger partial charge in [-0.2, -0.15) is 5.10 Å². The molecule has 0 radical (unpaired) electrons. The minimum atomic E-state index is -1.05. The Morgan fingerprint density at radius 1 is 1.25 bits per heavy atom. The molecule has 0 fully saturated rings. The third-order valence-corrected chi connectivity index (χ3v) is 3.47. The number of hydrogen-bond donors (Lipinski definition) is 2. The van der Waals surface area contributed by atoms with Gasteiger partial charge < -0.3 is 15.2 Å².